The molecule has 0 spiro atoms. The lowest BCUT2D eigenvalue weighted by molar-refractivity contribution is -0.140. The van der Waals surface area contributed by atoms with E-state index in [0.29, 0.717) is 16.3 Å². The summed E-state index contributed by atoms with van der Waals surface area (Å²) in [5.41, 5.74) is 2.20. The Kier molecular flexibility index (Phi) is 10.6. The number of para-hydroxylation sites is 1. The van der Waals surface area contributed by atoms with Crippen LogP contribution in [0.4, 0.5) is 5.69 Å². The molecule has 1 N–H and O–H groups in total. The predicted octanol–water partition coefficient (Wildman–Crippen LogP) is 5.78. The van der Waals surface area contributed by atoms with Gasteiger partial charge in [-0.05, 0) is 55.5 Å². The molecule has 7 nitrogen and oxygen atoms in total. The molecule has 0 aliphatic rings. The van der Waals surface area contributed by atoms with E-state index in [4.69, 9.17) is 11.6 Å². The molecule has 1 atom stereocenters. The summed E-state index contributed by atoms with van der Waals surface area (Å²) in [6.45, 7) is 9.12. The van der Waals surface area contributed by atoms with Crippen molar-refractivity contribution in [2.24, 2.45) is 0 Å². The first-order valence-corrected chi connectivity index (χ1v) is 15.9. The Bertz CT molecular complexity index is 1450. The number of nitrogens with zero attached hydrogens (tertiary/aromatic N) is 2. The molecule has 0 bridgehead atoms. The molecule has 3 rings (SSSR count). The minimum absolute atomic E-state index is 0.0215. The highest BCUT2D eigenvalue weighted by Crippen LogP contribution is 2.30. The summed E-state index contributed by atoms with van der Waals surface area (Å²) in [6.07, 6.45) is 1.32. The second-order valence-electron chi connectivity index (χ2n) is 11.5. The van der Waals surface area contributed by atoms with Gasteiger partial charge >= 0.3 is 0 Å². The minimum atomic E-state index is -3.86. The second kappa shape index (κ2) is 13.5. The van der Waals surface area contributed by atoms with E-state index in [1.807, 2.05) is 83.1 Å². The molecule has 220 valence electrons. The first kappa shape index (κ1) is 32.2. The number of rotatable bonds is 11. The third-order valence-electron chi connectivity index (χ3n) is 6.57. The summed E-state index contributed by atoms with van der Waals surface area (Å²) >= 11 is 6.51. The van der Waals surface area contributed by atoms with E-state index >= 15 is 0 Å². The maximum absolute atomic E-state index is 14.3. The Hall–Kier alpha value is -3.36. The molecule has 3 aromatic rings. The van der Waals surface area contributed by atoms with Crippen molar-refractivity contribution >= 4 is 39.1 Å². The molecule has 3 aromatic carbocycles. The Morgan fingerprint density at radius 1 is 0.902 bits per heavy atom. The standard InChI is InChI=1S/C32H40ClN3O4S/c1-23(2)26-17-11-13-19-28(26)36(41(6,39)40)22-30(37)35(21-25-16-10-12-18-27(25)33)29(31(38)34-32(3,4)5)20-24-14-8-7-9-15-24/h7-19,23,29H,20-22H2,1-6H3,(H,34,38)/t29-/m0/s1. The van der Waals surface area contributed by atoms with Crippen LogP contribution in [-0.4, -0.2) is 49.5 Å². The van der Waals surface area contributed by atoms with E-state index in [2.05, 4.69) is 5.32 Å². The van der Waals surface area contributed by atoms with Gasteiger partial charge in [-0.15, -0.1) is 0 Å². The number of carbonyl (C=O) groups is 2. The zero-order valence-corrected chi connectivity index (χ0v) is 26.2. The summed E-state index contributed by atoms with van der Waals surface area (Å²) in [4.78, 5) is 29.5. The largest absolute Gasteiger partial charge is 0.350 e. The number of amides is 2. The molecular weight excluding hydrogens is 558 g/mol. The Balaban J connectivity index is 2.12. The van der Waals surface area contributed by atoms with E-state index in [0.717, 1.165) is 21.7 Å². The molecule has 2 amide bonds. The molecular formula is C32H40ClN3O4S. The summed E-state index contributed by atoms with van der Waals surface area (Å²) < 4.78 is 27.4. The highest BCUT2D eigenvalue weighted by molar-refractivity contribution is 7.92. The second-order valence-corrected chi connectivity index (χ2v) is 13.9. The van der Waals surface area contributed by atoms with Crippen LogP contribution in [0.1, 0.15) is 57.2 Å². The lowest BCUT2D eigenvalue weighted by Gasteiger charge is -2.35. The summed E-state index contributed by atoms with van der Waals surface area (Å²) in [5, 5.41) is 3.47. The molecule has 9 heteroatoms. The molecule has 0 saturated carbocycles. The Morgan fingerprint density at radius 3 is 2.07 bits per heavy atom. The minimum Gasteiger partial charge on any atom is -0.350 e. The maximum atomic E-state index is 14.3. The van der Waals surface area contributed by atoms with Crippen molar-refractivity contribution in [1.29, 1.82) is 0 Å². The van der Waals surface area contributed by atoms with Crippen LogP contribution in [0.25, 0.3) is 0 Å². The SMILES string of the molecule is CC(C)c1ccccc1N(CC(=O)N(Cc1ccccc1Cl)[C@@H](Cc1ccccc1)C(=O)NC(C)(C)C)S(C)(=O)=O. The zero-order valence-electron chi connectivity index (χ0n) is 24.6. The van der Waals surface area contributed by atoms with Crippen molar-refractivity contribution < 1.29 is 18.0 Å². The number of hydrogen-bond acceptors (Lipinski definition) is 4. The summed E-state index contributed by atoms with van der Waals surface area (Å²) in [6, 6.07) is 22.8. The average molecular weight is 598 g/mol. The highest BCUT2D eigenvalue weighted by Gasteiger charge is 2.35. The first-order chi connectivity index (χ1) is 19.2. The van der Waals surface area contributed by atoms with Crippen LogP contribution in [0.3, 0.4) is 0 Å². The number of nitrogens with one attached hydrogen (secondary N) is 1. The van der Waals surface area contributed by atoms with Gasteiger partial charge in [-0.2, -0.15) is 0 Å². The van der Waals surface area contributed by atoms with Crippen LogP contribution < -0.4 is 9.62 Å². The van der Waals surface area contributed by atoms with Gasteiger partial charge in [0.15, 0.2) is 0 Å². The summed E-state index contributed by atoms with van der Waals surface area (Å²) in [7, 11) is -3.86. The van der Waals surface area contributed by atoms with Gasteiger partial charge in [0.25, 0.3) is 0 Å². The lowest BCUT2D eigenvalue weighted by atomic mass is 10.00. The van der Waals surface area contributed by atoms with Crippen LogP contribution in [0, 0.1) is 0 Å². The topological polar surface area (TPSA) is 86.8 Å². The van der Waals surface area contributed by atoms with Crippen molar-refractivity contribution in [2.45, 2.75) is 65.1 Å². The molecule has 0 heterocycles. The zero-order chi connectivity index (χ0) is 30.4. The Morgan fingerprint density at radius 2 is 1.49 bits per heavy atom. The normalized spacial score (nSPS) is 12.6. The summed E-state index contributed by atoms with van der Waals surface area (Å²) in [5.74, 6) is -0.831. The number of sulfonamides is 1. The van der Waals surface area contributed by atoms with Crippen molar-refractivity contribution in [3.63, 3.8) is 0 Å². The van der Waals surface area contributed by atoms with E-state index < -0.39 is 34.1 Å². The van der Waals surface area contributed by atoms with Gasteiger partial charge in [0.1, 0.15) is 12.6 Å². The van der Waals surface area contributed by atoms with Crippen molar-refractivity contribution in [1.82, 2.24) is 10.2 Å². The van der Waals surface area contributed by atoms with E-state index in [1.54, 1.807) is 30.3 Å². The third kappa shape index (κ3) is 9.07. The monoisotopic (exact) mass is 597 g/mol. The van der Waals surface area contributed by atoms with Crippen molar-refractivity contribution in [3.05, 3.63) is 101 Å². The fraction of sp³-hybridized carbons (Fsp3) is 0.375. The van der Waals surface area contributed by atoms with Gasteiger partial charge in [-0.25, -0.2) is 8.42 Å². The number of halogens is 1. The molecule has 0 aromatic heterocycles. The number of anilines is 1. The van der Waals surface area contributed by atoms with Crippen molar-refractivity contribution in [2.75, 3.05) is 17.1 Å². The molecule has 0 saturated heterocycles. The van der Waals surface area contributed by atoms with Crippen molar-refractivity contribution in [3.8, 4) is 0 Å². The highest BCUT2D eigenvalue weighted by atomic mass is 35.5. The maximum Gasteiger partial charge on any atom is 0.244 e. The predicted molar refractivity (Wildman–Crippen MR) is 167 cm³/mol. The van der Waals surface area contributed by atoms with Crippen LogP contribution in [0.2, 0.25) is 5.02 Å². The van der Waals surface area contributed by atoms with Gasteiger partial charge < -0.3 is 10.2 Å². The van der Waals surface area contributed by atoms with Gasteiger partial charge in [0, 0.05) is 23.5 Å². The van der Waals surface area contributed by atoms with Gasteiger partial charge in [-0.3, -0.25) is 13.9 Å². The first-order valence-electron chi connectivity index (χ1n) is 13.6. The third-order valence-corrected chi connectivity index (χ3v) is 8.07. The number of carbonyl (C=O) groups excluding carboxylic acids is 2. The number of hydrogen-bond donors (Lipinski definition) is 1. The van der Waals surface area contributed by atoms with Crippen LogP contribution in [-0.2, 0) is 32.6 Å². The molecule has 0 aliphatic carbocycles. The smallest absolute Gasteiger partial charge is 0.244 e. The molecule has 0 fully saturated rings. The lowest BCUT2D eigenvalue weighted by Crippen LogP contribution is -2.56. The number of benzene rings is 3. The fourth-order valence-corrected chi connectivity index (χ4v) is 5.68. The molecule has 0 radical (unpaired) electrons. The quantitative estimate of drug-likeness (QED) is 0.303. The molecule has 41 heavy (non-hydrogen) atoms. The van der Waals surface area contributed by atoms with Gasteiger partial charge in [-0.1, -0.05) is 92.2 Å². The fourth-order valence-electron chi connectivity index (χ4n) is 4.61. The average Bonchev–Trinajstić information content (AvgIpc) is 2.89. The van der Waals surface area contributed by atoms with Crippen LogP contribution in [0.5, 0.6) is 0 Å². The van der Waals surface area contributed by atoms with E-state index in [-0.39, 0.29) is 24.8 Å². The van der Waals surface area contributed by atoms with E-state index in [1.165, 1.54) is 4.90 Å². The van der Waals surface area contributed by atoms with Crippen LogP contribution >= 0.6 is 11.6 Å². The molecule has 0 unspecified atom stereocenters. The van der Waals surface area contributed by atoms with Gasteiger partial charge in [0.05, 0.1) is 11.9 Å². The Labute approximate surface area is 249 Å². The van der Waals surface area contributed by atoms with E-state index in [9.17, 15) is 18.0 Å². The molecule has 0 aliphatic heterocycles. The van der Waals surface area contributed by atoms with Crippen LogP contribution in [0.15, 0.2) is 78.9 Å². The van der Waals surface area contributed by atoms with Gasteiger partial charge in [0.2, 0.25) is 21.8 Å².